The summed E-state index contributed by atoms with van der Waals surface area (Å²) in [4.78, 5) is 4.05. The molecule has 1 N–H and O–H groups in total. The van der Waals surface area contributed by atoms with Crippen molar-refractivity contribution in [3.8, 4) is 17.3 Å². The second kappa shape index (κ2) is 8.60. The molecule has 0 unspecified atom stereocenters. The number of hydrogen-bond donors (Lipinski definition) is 1. The van der Waals surface area contributed by atoms with Crippen LogP contribution in [-0.4, -0.2) is 25.2 Å². The quantitative estimate of drug-likeness (QED) is 0.433. The van der Waals surface area contributed by atoms with E-state index < -0.39 is 15.8 Å². The molecule has 0 amide bonds. The smallest absolute Gasteiger partial charge is 0.262 e. The van der Waals surface area contributed by atoms with E-state index in [0.717, 1.165) is 6.07 Å². The Bertz CT molecular complexity index is 1290. The third kappa shape index (κ3) is 4.58. The summed E-state index contributed by atoms with van der Waals surface area (Å²) >= 11 is 0. The van der Waals surface area contributed by atoms with Crippen LogP contribution < -0.4 is 9.46 Å². The van der Waals surface area contributed by atoms with Gasteiger partial charge >= 0.3 is 0 Å². The van der Waals surface area contributed by atoms with Gasteiger partial charge in [-0.3, -0.25) is 4.72 Å². The van der Waals surface area contributed by atoms with Gasteiger partial charge < -0.3 is 13.7 Å². The molecule has 0 atom stereocenters. The van der Waals surface area contributed by atoms with Crippen molar-refractivity contribution in [2.45, 2.75) is 18.2 Å². The summed E-state index contributed by atoms with van der Waals surface area (Å²) in [5, 5.41) is 3.87. The van der Waals surface area contributed by atoms with E-state index >= 15 is 0 Å². The number of para-hydroxylation sites is 1. The molecule has 2 heterocycles. The highest BCUT2D eigenvalue weighted by Crippen LogP contribution is 2.26. The first-order chi connectivity index (χ1) is 15.0. The maximum atomic E-state index is 14.1. The largest absolute Gasteiger partial charge is 0.491 e. The lowest BCUT2D eigenvalue weighted by atomic mass is 10.1. The van der Waals surface area contributed by atoms with Crippen molar-refractivity contribution in [1.82, 2.24) is 10.1 Å². The van der Waals surface area contributed by atoms with Crippen LogP contribution in [-0.2, 0) is 16.4 Å². The Kier molecular flexibility index (Phi) is 5.72. The molecule has 10 heteroatoms. The van der Waals surface area contributed by atoms with Crippen LogP contribution >= 0.6 is 0 Å². The minimum absolute atomic E-state index is 0.00870. The molecule has 0 saturated heterocycles. The van der Waals surface area contributed by atoms with Gasteiger partial charge in [0.2, 0.25) is 11.7 Å². The molecule has 4 aromatic rings. The summed E-state index contributed by atoms with van der Waals surface area (Å²) in [5.74, 6) is 0.273. The number of ether oxygens (including phenoxy) is 1. The van der Waals surface area contributed by atoms with E-state index in [1.807, 2.05) is 0 Å². The lowest BCUT2D eigenvalue weighted by Crippen LogP contribution is -2.15. The first kappa shape index (κ1) is 20.6. The highest BCUT2D eigenvalue weighted by molar-refractivity contribution is 7.92. The summed E-state index contributed by atoms with van der Waals surface area (Å²) in [7, 11) is -4.04. The van der Waals surface area contributed by atoms with Gasteiger partial charge in [-0.1, -0.05) is 23.4 Å². The summed E-state index contributed by atoms with van der Waals surface area (Å²) < 4.78 is 57.8. The van der Waals surface area contributed by atoms with Gasteiger partial charge in [-0.25, -0.2) is 12.8 Å². The SMILES string of the molecule is CCOc1ccc(S(=O)(=O)Nc2ccccc2Cc2nc(-c3ccco3)no2)cc1F. The fraction of sp³-hybridized carbons (Fsp3) is 0.143. The Morgan fingerprint density at radius 3 is 2.71 bits per heavy atom. The number of furan rings is 1. The molecule has 0 bridgehead atoms. The van der Waals surface area contributed by atoms with Crippen LogP contribution in [0.3, 0.4) is 0 Å². The third-order valence-corrected chi connectivity index (χ3v) is 5.69. The average Bonchev–Trinajstić information content (AvgIpc) is 3.43. The number of sulfonamides is 1. The van der Waals surface area contributed by atoms with E-state index in [0.29, 0.717) is 22.8 Å². The number of benzene rings is 2. The molecular weight excluding hydrogens is 425 g/mol. The molecular formula is C21H18FN3O5S. The molecule has 0 spiro atoms. The monoisotopic (exact) mass is 443 g/mol. The fourth-order valence-electron chi connectivity index (χ4n) is 2.89. The van der Waals surface area contributed by atoms with E-state index in [4.69, 9.17) is 13.7 Å². The first-order valence-corrected chi connectivity index (χ1v) is 10.8. The van der Waals surface area contributed by atoms with E-state index in [-0.39, 0.29) is 29.6 Å². The molecule has 0 aliphatic heterocycles. The topological polar surface area (TPSA) is 107 Å². The van der Waals surface area contributed by atoms with Crippen molar-refractivity contribution >= 4 is 15.7 Å². The third-order valence-electron chi connectivity index (χ3n) is 4.33. The van der Waals surface area contributed by atoms with Crippen molar-refractivity contribution in [2.24, 2.45) is 0 Å². The van der Waals surface area contributed by atoms with Crippen LogP contribution in [0.1, 0.15) is 18.4 Å². The van der Waals surface area contributed by atoms with Crippen LogP contribution in [0.5, 0.6) is 5.75 Å². The number of nitrogens with one attached hydrogen (secondary N) is 1. The molecule has 2 aromatic carbocycles. The molecule has 0 radical (unpaired) electrons. The molecule has 0 aliphatic carbocycles. The summed E-state index contributed by atoms with van der Waals surface area (Å²) in [6.45, 7) is 1.98. The van der Waals surface area contributed by atoms with Gasteiger partial charge in [0.25, 0.3) is 10.0 Å². The van der Waals surface area contributed by atoms with E-state index in [1.54, 1.807) is 43.3 Å². The second-order valence-electron chi connectivity index (χ2n) is 6.45. The summed E-state index contributed by atoms with van der Waals surface area (Å²) in [5.41, 5.74) is 0.918. The van der Waals surface area contributed by atoms with Crippen LogP contribution in [0.2, 0.25) is 0 Å². The number of hydrogen-bond acceptors (Lipinski definition) is 7. The number of rotatable bonds is 8. The molecule has 0 fully saturated rings. The molecule has 4 rings (SSSR count). The minimum Gasteiger partial charge on any atom is -0.491 e. The van der Waals surface area contributed by atoms with Gasteiger partial charge in [-0.2, -0.15) is 4.98 Å². The van der Waals surface area contributed by atoms with Crippen molar-refractivity contribution in [3.63, 3.8) is 0 Å². The van der Waals surface area contributed by atoms with Gasteiger partial charge in [0, 0.05) is 0 Å². The number of aromatic nitrogens is 2. The van der Waals surface area contributed by atoms with Crippen molar-refractivity contribution < 1.29 is 26.5 Å². The Morgan fingerprint density at radius 1 is 1.13 bits per heavy atom. The molecule has 2 aromatic heterocycles. The maximum absolute atomic E-state index is 14.1. The van der Waals surface area contributed by atoms with Gasteiger partial charge in [-0.05, 0) is 48.9 Å². The van der Waals surface area contributed by atoms with E-state index in [1.165, 1.54) is 18.4 Å². The molecule has 0 saturated carbocycles. The standard InChI is InChI=1S/C21H18FN3O5S/c1-2-28-18-10-9-15(13-16(18)22)31(26,27)25-17-7-4-3-6-14(17)12-20-23-21(24-30-20)19-8-5-11-29-19/h3-11,13,25H,2,12H2,1H3. The van der Waals surface area contributed by atoms with E-state index in [2.05, 4.69) is 14.9 Å². The Morgan fingerprint density at radius 2 is 1.97 bits per heavy atom. The predicted molar refractivity (Wildman–Crippen MR) is 110 cm³/mol. The number of anilines is 1. The second-order valence-corrected chi connectivity index (χ2v) is 8.14. The molecule has 31 heavy (non-hydrogen) atoms. The zero-order chi connectivity index (χ0) is 21.8. The van der Waals surface area contributed by atoms with E-state index in [9.17, 15) is 12.8 Å². The van der Waals surface area contributed by atoms with Gasteiger partial charge in [0.15, 0.2) is 17.3 Å². The fourth-order valence-corrected chi connectivity index (χ4v) is 4.01. The van der Waals surface area contributed by atoms with Gasteiger partial charge in [0.1, 0.15) is 0 Å². The molecule has 8 nitrogen and oxygen atoms in total. The zero-order valence-electron chi connectivity index (χ0n) is 16.4. The summed E-state index contributed by atoms with van der Waals surface area (Å²) in [6, 6.07) is 13.7. The lowest BCUT2D eigenvalue weighted by molar-refractivity contribution is 0.321. The number of nitrogens with zero attached hydrogens (tertiary/aromatic N) is 2. The Hall–Kier alpha value is -3.66. The minimum atomic E-state index is -4.04. The highest BCUT2D eigenvalue weighted by Gasteiger charge is 2.19. The van der Waals surface area contributed by atoms with Crippen molar-refractivity contribution in [2.75, 3.05) is 11.3 Å². The van der Waals surface area contributed by atoms with Crippen LogP contribution in [0.25, 0.3) is 11.6 Å². The normalized spacial score (nSPS) is 11.4. The predicted octanol–water partition coefficient (Wildman–Crippen LogP) is 4.26. The molecule has 0 aliphatic rings. The van der Waals surface area contributed by atoms with Crippen LogP contribution in [0, 0.1) is 5.82 Å². The number of halogens is 1. The van der Waals surface area contributed by atoms with Gasteiger partial charge in [-0.15, -0.1) is 0 Å². The summed E-state index contributed by atoms with van der Waals surface area (Å²) in [6.07, 6.45) is 1.68. The Balaban J connectivity index is 1.56. The van der Waals surface area contributed by atoms with Gasteiger partial charge in [0.05, 0.1) is 29.9 Å². The first-order valence-electron chi connectivity index (χ1n) is 9.36. The molecule has 160 valence electrons. The zero-order valence-corrected chi connectivity index (χ0v) is 17.2. The van der Waals surface area contributed by atoms with Crippen LogP contribution in [0.4, 0.5) is 10.1 Å². The Labute approximate surface area is 177 Å². The maximum Gasteiger partial charge on any atom is 0.262 e. The van der Waals surface area contributed by atoms with Crippen LogP contribution in [0.15, 0.2) is 74.7 Å². The van der Waals surface area contributed by atoms with Crippen molar-refractivity contribution in [1.29, 1.82) is 0 Å². The average molecular weight is 443 g/mol. The lowest BCUT2D eigenvalue weighted by Gasteiger charge is -2.12. The van der Waals surface area contributed by atoms with Crippen molar-refractivity contribution in [3.05, 3.63) is 78.1 Å². The highest BCUT2D eigenvalue weighted by atomic mass is 32.2.